The Morgan fingerprint density at radius 2 is 2.38 bits per heavy atom. The lowest BCUT2D eigenvalue weighted by atomic mass is 9.88. The third-order valence-electron chi connectivity index (χ3n) is 3.77. The van der Waals surface area contributed by atoms with Gasteiger partial charge in [-0.3, -0.25) is 4.79 Å². The Hall–Kier alpha value is -0.353. The number of rotatable bonds is 2. The van der Waals surface area contributed by atoms with Crippen LogP contribution in [0.5, 0.6) is 0 Å². The summed E-state index contributed by atoms with van der Waals surface area (Å²) < 4.78 is 11.1. The molecule has 2 saturated carbocycles. The summed E-state index contributed by atoms with van der Waals surface area (Å²) in [5, 5.41) is 0. The number of carbonyl (C=O) groups is 1. The molecular weight excluding hydrogens is 184 g/mol. The fourth-order valence-electron chi connectivity index (χ4n) is 3.32. The summed E-state index contributed by atoms with van der Waals surface area (Å²) in [4.78, 5) is 11.4. The first-order valence-electron chi connectivity index (χ1n) is 5.13. The second-order valence-electron chi connectivity index (χ2n) is 4.32. The number of fused-ring (bicyclic) bond motifs is 1. The van der Waals surface area contributed by atoms with Crippen molar-refractivity contribution in [3.05, 3.63) is 0 Å². The van der Waals surface area contributed by atoms with Crippen molar-refractivity contribution >= 4 is 16.2 Å². The lowest BCUT2D eigenvalue weighted by Crippen LogP contribution is -2.34. The van der Waals surface area contributed by atoms with E-state index in [1.807, 2.05) is 0 Å². The number of carbonyl (C=O) groups excluding carboxylic acids is 1. The largest absolute Gasteiger partial charge is 0.459 e. The minimum absolute atomic E-state index is 0.0388. The van der Waals surface area contributed by atoms with Gasteiger partial charge in [0.15, 0.2) is 0 Å². The highest BCUT2D eigenvalue weighted by molar-refractivity contribution is 6.08. The molecule has 5 unspecified atom stereocenters. The third-order valence-corrected chi connectivity index (χ3v) is 4.11. The van der Waals surface area contributed by atoms with E-state index in [1.54, 1.807) is 0 Å². The maximum Gasteiger partial charge on any atom is 0.309 e. The van der Waals surface area contributed by atoms with E-state index < -0.39 is 0 Å². The van der Waals surface area contributed by atoms with Crippen LogP contribution in [0.15, 0.2) is 0 Å². The van der Waals surface area contributed by atoms with Gasteiger partial charge in [-0.05, 0) is 18.8 Å². The second-order valence-corrected chi connectivity index (χ2v) is 4.90. The normalized spacial score (nSPS) is 51.7. The molecule has 0 aromatic carbocycles. The molecule has 4 heteroatoms. The lowest BCUT2D eigenvalue weighted by molar-refractivity contribution is -0.146. The van der Waals surface area contributed by atoms with E-state index in [1.165, 1.54) is 0 Å². The molecule has 0 N–H and O–H groups in total. The van der Waals surface area contributed by atoms with E-state index in [0.29, 0.717) is 11.8 Å². The third kappa shape index (κ3) is 0.903. The minimum atomic E-state index is 0.0388. The molecule has 1 aliphatic heterocycles. The van der Waals surface area contributed by atoms with Crippen LogP contribution in [-0.4, -0.2) is 34.6 Å². The Morgan fingerprint density at radius 1 is 1.54 bits per heavy atom. The van der Waals surface area contributed by atoms with Crippen molar-refractivity contribution in [1.82, 2.24) is 0 Å². The zero-order valence-corrected chi connectivity index (χ0v) is 9.73. The Kier molecular flexibility index (Phi) is 1.58. The first kappa shape index (κ1) is 8.00. The molecule has 13 heavy (non-hydrogen) atoms. The van der Waals surface area contributed by atoms with E-state index >= 15 is 0 Å². The summed E-state index contributed by atoms with van der Waals surface area (Å²) in [6, 6.07) is 0. The van der Waals surface area contributed by atoms with Gasteiger partial charge in [0.2, 0.25) is 0 Å². The molecule has 0 radical (unpaired) electrons. The maximum atomic E-state index is 11.4. The zero-order chi connectivity index (χ0) is 9.00. The van der Waals surface area contributed by atoms with Gasteiger partial charge in [0, 0.05) is 22.4 Å². The summed E-state index contributed by atoms with van der Waals surface area (Å²) in [6.07, 6.45) is 3.40. The van der Waals surface area contributed by atoms with Crippen molar-refractivity contribution in [2.24, 2.45) is 17.8 Å². The smallest absolute Gasteiger partial charge is 0.309 e. The maximum absolute atomic E-state index is 11.4. The molecule has 1 saturated heterocycles. The van der Waals surface area contributed by atoms with Crippen molar-refractivity contribution in [1.29, 1.82) is 0 Å². The van der Waals surface area contributed by atoms with Crippen LogP contribution in [0, 0.1) is 17.8 Å². The Labute approximate surface area is 80.2 Å². The van der Waals surface area contributed by atoms with Gasteiger partial charge in [0.05, 0.1) is 12.0 Å². The number of ether oxygens (including phenoxy) is 2. The highest BCUT2D eigenvalue weighted by Crippen LogP contribution is 2.55. The number of esters is 1. The van der Waals surface area contributed by atoms with Crippen LogP contribution in [0.4, 0.5) is 0 Å². The molecule has 3 nitrogen and oxygen atoms in total. The van der Waals surface area contributed by atoms with Gasteiger partial charge in [-0.25, -0.2) is 0 Å². The van der Waals surface area contributed by atoms with Gasteiger partial charge in [-0.1, -0.05) is 0 Å². The van der Waals surface area contributed by atoms with Crippen molar-refractivity contribution in [2.45, 2.75) is 25.0 Å². The molecule has 3 fully saturated rings. The highest BCUT2D eigenvalue weighted by atomic mass is 28.1. The van der Waals surface area contributed by atoms with Crippen LogP contribution in [0.25, 0.3) is 0 Å². The zero-order valence-electron chi connectivity index (χ0n) is 7.73. The minimum Gasteiger partial charge on any atom is -0.459 e. The molecule has 3 rings (SSSR count). The quantitative estimate of drug-likeness (QED) is 0.434. The van der Waals surface area contributed by atoms with Gasteiger partial charge >= 0.3 is 5.97 Å². The molecule has 0 amide bonds. The molecule has 72 valence electrons. The molecule has 3 aliphatic rings. The average Bonchev–Trinajstić information content (AvgIpc) is 2.69. The van der Waals surface area contributed by atoms with Crippen LogP contribution in [0.3, 0.4) is 0 Å². The fraction of sp³-hybridized carbons (Fsp3) is 0.889. The van der Waals surface area contributed by atoms with Crippen molar-refractivity contribution < 1.29 is 14.3 Å². The SMILES string of the molecule is O=C1OC2C3CC(CC13)C2OC[SiH3]. The van der Waals surface area contributed by atoms with Gasteiger partial charge in [0.1, 0.15) is 6.10 Å². The van der Waals surface area contributed by atoms with Crippen LogP contribution in [-0.2, 0) is 14.3 Å². The summed E-state index contributed by atoms with van der Waals surface area (Å²) in [6.45, 7) is 0. The molecule has 2 bridgehead atoms. The van der Waals surface area contributed by atoms with Crippen molar-refractivity contribution in [3.63, 3.8) is 0 Å². The first-order valence-corrected chi connectivity index (χ1v) is 6.54. The summed E-state index contributed by atoms with van der Waals surface area (Å²) in [7, 11) is 1.07. The average molecular weight is 198 g/mol. The van der Waals surface area contributed by atoms with Crippen LogP contribution in [0.1, 0.15) is 12.8 Å². The molecule has 0 aromatic rings. The molecule has 5 atom stereocenters. The summed E-state index contributed by atoms with van der Waals surface area (Å²) in [5.41, 5.74) is 0. The molecule has 1 heterocycles. The Morgan fingerprint density at radius 3 is 3.15 bits per heavy atom. The van der Waals surface area contributed by atoms with E-state index in [9.17, 15) is 4.79 Å². The standard InChI is InChI=1S/C9H14O3Si/c10-9-6-2-4-1-5(6)8(12-9)7(4)11-3-13/h4-8H,1-3H2,13H3. The van der Waals surface area contributed by atoms with Crippen molar-refractivity contribution in [3.8, 4) is 0 Å². The van der Waals surface area contributed by atoms with E-state index in [0.717, 1.165) is 29.3 Å². The Balaban J connectivity index is 1.86. The number of hydrogen-bond donors (Lipinski definition) is 0. The molecule has 0 spiro atoms. The van der Waals surface area contributed by atoms with Crippen LogP contribution >= 0.6 is 0 Å². The molecular formula is C9H14O3Si. The first-order chi connectivity index (χ1) is 6.31. The lowest BCUT2D eigenvalue weighted by Gasteiger charge is -2.24. The topological polar surface area (TPSA) is 35.5 Å². The van der Waals surface area contributed by atoms with E-state index in [2.05, 4.69) is 0 Å². The highest BCUT2D eigenvalue weighted by Gasteiger charge is 2.62. The second kappa shape index (κ2) is 2.57. The van der Waals surface area contributed by atoms with Crippen LogP contribution in [0.2, 0.25) is 0 Å². The van der Waals surface area contributed by atoms with E-state index in [-0.39, 0.29) is 24.1 Å². The van der Waals surface area contributed by atoms with Gasteiger partial charge < -0.3 is 9.47 Å². The molecule has 0 aromatic heterocycles. The monoisotopic (exact) mass is 198 g/mol. The van der Waals surface area contributed by atoms with E-state index in [4.69, 9.17) is 9.47 Å². The Bertz CT molecular complexity index is 255. The van der Waals surface area contributed by atoms with Gasteiger partial charge in [-0.2, -0.15) is 0 Å². The summed E-state index contributed by atoms with van der Waals surface area (Å²) >= 11 is 0. The predicted molar refractivity (Wildman–Crippen MR) is 49.3 cm³/mol. The fourth-order valence-corrected chi connectivity index (χ4v) is 3.71. The van der Waals surface area contributed by atoms with Crippen LogP contribution < -0.4 is 0 Å². The van der Waals surface area contributed by atoms with Gasteiger partial charge in [-0.15, -0.1) is 0 Å². The molecule has 2 aliphatic carbocycles. The van der Waals surface area contributed by atoms with Gasteiger partial charge in [0.25, 0.3) is 0 Å². The number of hydrogen-bond acceptors (Lipinski definition) is 3. The van der Waals surface area contributed by atoms with Crippen molar-refractivity contribution in [2.75, 3.05) is 6.23 Å². The predicted octanol–water partition coefficient (Wildman–Crippen LogP) is -0.724. The summed E-state index contributed by atoms with van der Waals surface area (Å²) in [5.74, 6) is 1.37.